The van der Waals surface area contributed by atoms with Gasteiger partial charge < -0.3 is 20.9 Å². The van der Waals surface area contributed by atoms with Gasteiger partial charge in [0.1, 0.15) is 0 Å². The van der Waals surface area contributed by atoms with Crippen LogP contribution in [-0.4, -0.2) is 30.3 Å². The number of aromatic carboxylic acids is 1. The van der Waals surface area contributed by atoms with Gasteiger partial charge in [0.15, 0.2) is 0 Å². The second-order valence-corrected chi connectivity index (χ2v) is 4.46. The van der Waals surface area contributed by atoms with Gasteiger partial charge in [0.25, 0.3) is 0 Å². The van der Waals surface area contributed by atoms with Crippen molar-refractivity contribution in [2.45, 2.75) is 25.4 Å². The van der Waals surface area contributed by atoms with Crippen LogP contribution >= 0.6 is 0 Å². The van der Waals surface area contributed by atoms with Crippen LogP contribution in [0, 0.1) is 0 Å². The van der Waals surface area contributed by atoms with Crippen molar-refractivity contribution in [3.8, 4) is 0 Å². The number of carboxylic acids is 1. The molecule has 0 aromatic heterocycles. The van der Waals surface area contributed by atoms with Crippen LogP contribution in [0.2, 0.25) is 0 Å². The minimum atomic E-state index is -0.965. The van der Waals surface area contributed by atoms with E-state index in [0.717, 1.165) is 38.1 Å². The van der Waals surface area contributed by atoms with Crippen LogP contribution in [-0.2, 0) is 4.74 Å². The third kappa shape index (κ3) is 3.13. The Labute approximate surface area is 106 Å². The SMILES string of the molecule is Nc1cc(C(=O)O)ccc1NCCC1CCCO1. The van der Waals surface area contributed by atoms with Crippen LogP contribution in [0.15, 0.2) is 18.2 Å². The number of hydrogen-bond donors (Lipinski definition) is 3. The number of carbonyl (C=O) groups is 1. The smallest absolute Gasteiger partial charge is 0.335 e. The highest BCUT2D eigenvalue weighted by molar-refractivity contribution is 5.90. The third-order valence-corrected chi connectivity index (χ3v) is 3.10. The normalized spacial score (nSPS) is 18.8. The monoisotopic (exact) mass is 250 g/mol. The van der Waals surface area contributed by atoms with Crippen LogP contribution < -0.4 is 11.1 Å². The molecule has 18 heavy (non-hydrogen) atoms. The molecule has 1 unspecified atom stereocenters. The Morgan fingerprint density at radius 2 is 2.39 bits per heavy atom. The van der Waals surface area contributed by atoms with Gasteiger partial charge in [-0.3, -0.25) is 0 Å². The number of nitrogens with one attached hydrogen (secondary N) is 1. The molecule has 2 rings (SSSR count). The van der Waals surface area contributed by atoms with E-state index >= 15 is 0 Å². The third-order valence-electron chi connectivity index (χ3n) is 3.10. The van der Waals surface area contributed by atoms with E-state index in [1.165, 1.54) is 6.07 Å². The predicted octanol–water partition coefficient (Wildman–Crippen LogP) is 1.95. The van der Waals surface area contributed by atoms with E-state index in [-0.39, 0.29) is 5.56 Å². The zero-order valence-corrected chi connectivity index (χ0v) is 10.2. The number of nitrogen functional groups attached to an aromatic ring is 1. The van der Waals surface area contributed by atoms with Gasteiger partial charge in [-0.05, 0) is 37.5 Å². The summed E-state index contributed by atoms with van der Waals surface area (Å²) in [5.41, 5.74) is 7.24. The average molecular weight is 250 g/mol. The molecule has 1 aliphatic heterocycles. The molecule has 1 aliphatic rings. The largest absolute Gasteiger partial charge is 0.478 e. The molecule has 1 heterocycles. The molecule has 0 bridgehead atoms. The Kier molecular flexibility index (Phi) is 4.04. The highest BCUT2D eigenvalue weighted by Gasteiger charge is 2.14. The standard InChI is InChI=1S/C13H18N2O3/c14-11-8-9(13(16)17)3-4-12(11)15-6-5-10-2-1-7-18-10/h3-4,8,10,15H,1-2,5-7,14H2,(H,16,17). The molecule has 4 N–H and O–H groups in total. The molecule has 1 aromatic rings. The Bertz CT molecular complexity index is 428. The molecule has 0 amide bonds. The number of carboxylic acid groups (broad SMARTS) is 1. The van der Waals surface area contributed by atoms with Crippen molar-refractivity contribution in [1.82, 2.24) is 0 Å². The lowest BCUT2D eigenvalue weighted by molar-refractivity contribution is 0.0697. The van der Waals surface area contributed by atoms with E-state index in [9.17, 15) is 4.79 Å². The van der Waals surface area contributed by atoms with Crippen molar-refractivity contribution in [3.05, 3.63) is 23.8 Å². The number of ether oxygens (including phenoxy) is 1. The number of anilines is 2. The van der Waals surface area contributed by atoms with Gasteiger partial charge in [-0.1, -0.05) is 0 Å². The van der Waals surface area contributed by atoms with E-state index in [1.807, 2.05) is 0 Å². The van der Waals surface area contributed by atoms with Gasteiger partial charge in [0.2, 0.25) is 0 Å². The van der Waals surface area contributed by atoms with Gasteiger partial charge >= 0.3 is 5.97 Å². The summed E-state index contributed by atoms with van der Waals surface area (Å²) in [5, 5.41) is 12.0. The molecule has 1 atom stereocenters. The molecule has 5 heteroatoms. The van der Waals surface area contributed by atoms with Crippen molar-refractivity contribution in [1.29, 1.82) is 0 Å². The minimum absolute atomic E-state index is 0.206. The Morgan fingerprint density at radius 1 is 1.56 bits per heavy atom. The first-order chi connectivity index (χ1) is 8.66. The fourth-order valence-corrected chi connectivity index (χ4v) is 2.10. The fourth-order valence-electron chi connectivity index (χ4n) is 2.10. The minimum Gasteiger partial charge on any atom is -0.478 e. The number of hydrogen-bond acceptors (Lipinski definition) is 4. The summed E-state index contributed by atoms with van der Waals surface area (Å²) in [6, 6.07) is 4.72. The van der Waals surface area contributed by atoms with Gasteiger partial charge in [0, 0.05) is 13.2 Å². The van der Waals surface area contributed by atoms with E-state index in [2.05, 4.69) is 5.32 Å². The molecular weight excluding hydrogens is 232 g/mol. The van der Waals surface area contributed by atoms with Crippen LogP contribution in [0.25, 0.3) is 0 Å². The predicted molar refractivity (Wildman–Crippen MR) is 69.9 cm³/mol. The summed E-state index contributed by atoms with van der Waals surface area (Å²) in [6.45, 7) is 1.64. The van der Waals surface area contributed by atoms with Crippen LogP contribution in [0.1, 0.15) is 29.6 Å². The first-order valence-electron chi connectivity index (χ1n) is 6.15. The highest BCUT2D eigenvalue weighted by Crippen LogP contribution is 2.21. The van der Waals surface area contributed by atoms with Crippen LogP contribution in [0.4, 0.5) is 11.4 Å². The quantitative estimate of drug-likeness (QED) is 0.695. The van der Waals surface area contributed by atoms with Crippen molar-refractivity contribution >= 4 is 17.3 Å². The summed E-state index contributed by atoms with van der Waals surface area (Å²) in [4.78, 5) is 10.8. The zero-order chi connectivity index (χ0) is 13.0. The molecule has 1 saturated heterocycles. The molecule has 0 aliphatic carbocycles. The van der Waals surface area contributed by atoms with Crippen LogP contribution in [0.5, 0.6) is 0 Å². The highest BCUT2D eigenvalue weighted by atomic mass is 16.5. The molecule has 98 valence electrons. The first kappa shape index (κ1) is 12.7. The van der Waals surface area contributed by atoms with Crippen molar-refractivity contribution in [2.75, 3.05) is 24.2 Å². The molecule has 5 nitrogen and oxygen atoms in total. The maximum atomic E-state index is 10.8. The molecule has 1 aromatic carbocycles. The summed E-state index contributed by atoms with van der Waals surface area (Å²) in [6.07, 6.45) is 3.55. The topological polar surface area (TPSA) is 84.6 Å². The van der Waals surface area contributed by atoms with E-state index < -0.39 is 5.97 Å². The molecule has 0 spiro atoms. The van der Waals surface area contributed by atoms with Crippen molar-refractivity contribution in [3.63, 3.8) is 0 Å². The van der Waals surface area contributed by atoms with Crippen molar-refractivity contribution < 1.29 is 14.6 Å². The molecular formula is C13H18N2O3. The van der Waals surface area contributed by atoms with Crippen molar-refractivity contribution in [2.24, 2.45) is 0 Å². The maximum absolute atomic E-state index is 10.8. The van der Waals surface area contributed by atoms with Gasteiger partial charge in [-0.25, -0.2) is 4.79 Å². The summed E-state index contributed by atoms with van der Waals surface area (Å²) in [5.74, 6) is -0.965. The van der Waals surface area contributed by atoms with E-state index in [0.29, 0.717) is 11.8 Å². The lowest BCUT2D eigenvalue weighted by Gasteiger charge is -2.12. The summed E-state index contributed by atoms with van der Waals surface area (Å²) >= 11 is 0. The first-order valence-corrected chi connectivity index (χ1v) is 6.15. The Morgan fingerprint density at radius 3 is 3.00 bits per heavy atom. The molecule has 1 fully saturated rings. The average Bonchev–Trinajstić information content (AvgIpc) is 2.84. The maximum Gasteiger partial charge on any atom is 0.335 e. The Balaban J connectivity index is 1.87. The second kappa shape index (κ2) is 5.73. The second-order valence-electron chi connectivity index (χ2n) is 4.46. The van der Waals surface area contributed by atoms with Gasteiger partial charge in [-0.2, -0.15) is 0 Å². The van der Waals surface area contributed by atoms with Crippen LogP contribution in [0.3, 0.4) is 0 Å². The Hall–Kier alpha value is -1.75. The summed E-state index contributed by atoms with van der Waals surface area (Å²) in [7, 11) is 0. The van der Waals surface area contributed by atoms with E-state index in [1.54, 1.807) is 12.1 Å². The number of rotatable bonds is 5. The fraction of sp³-hybridized carbons (Fsp3) is 0.462. The van der Waals surface area contributed by atoms with Gasteiger partial charge in [0.05, 0.1) is 23.0 Å². The lowest BCUT2D eigenvalue weighted by atomic mass is 10.1. The number of nitrogens with two attached hydrogens (primary N) is 1. The van der Waals surface area contributed by atoms with E-state index in [4.69, 9.17) is 15.6 Å². The molecule has 0 saturated carbocycles. The molecule has 0 radical (unpaired) electrons. The summed E-state index contributed by atoms with van der Waals surface area (Å²) < 4.78 is 5.52. The lowest BCUT2D eigenvalue weighted by Crippen LogP contribution is -2.13. The van der Waals surface area contributed by atoms with Gasteiger partial charge in [-0.15, -0.1) is 0 Å². The number of benzene rings is 1. The zero-order valence-electron chi connectivity index (χ0n) is 10.2.